The van der Waals surface area contributed by atoms with Gasteiger partial charge in [0, 0.05) is 17.8 Å². The van der Waals surface area contributed by atoms with Crippen LogP contribution in [0, 0.1) is 28.4 Å². The average Bonchev–Trinajstić information content (AvgIpc) is 2.81. The first-order valence-corrected chi connectivity index (χ1v) is 10.8. The number of hydrogen-bond acceptors (Lipinski definition) is 6. The Bertz CT molecular complexity index is 1310. The molecule has 172 valence electrons. The second-order valence-corrected chi connectivity index (χ2v) is 8.10. The first-order valence-electron chi connectivity index (χ1n) is 10.0. The first-order chi connectivity index (χ1) is 16.3. The molecule has 0 fully saturated rings. The normalized spacial score (nSPS) is 10.8. The molecule has 0 aliphatic rings. The molecule has 0 radical (unpaired) electrons. The van der Waals surface area contributed by atoms with Crippen LogP contribution in [-0.4, -0.2) is 17.9 Å². The zero-order valence-electron chi connectivity index (χ0n) is 18.4. The molecule has 0 saturated heterocycles. The molecule has 0 heterocycles. The van der Waals surface area contributed by atoms with Gasteiger partial charge in [0.2, 0.25) is 0 Å². The summed E-state index contributed by atoms with van der Waals surface area (Å²) in [7, 11) is 1.50. The second kappa shape index (κ2) is 11.1. The Balaban J connectivity index is 1.82. The number of methoxy groups -OCH3 is 1. The van der Waals surface area contributed by atoms with E-state index in [0.29, 0.717) is 28.1 Å². The van der Waals surface area contributed by atoms with Crippen molar-refractivity contribution in [3.8, 4) is 17.6 Å². The summed E-state index contributed by atoms with van der Waals surface area (Å²) in [6.07, 6.45) is 1.39. The molecule has 3 aromatic carbocycles. The van der Waals surface area contributed by atoms with Gasteiger partial charge in [-0.3, -0.25) is 14.9 Å². The molecule has 0 saturated carbocycles. The number of anilines is 1. The zero-order chi connectivity index (χ0) is 24.7. The van der Waals surface area contributed by atoms with Crippen LogP contribution in [0.15, 0.2) is 70.7 Å². The molecular weight excluding hydrogens is 502 g/mol. The number of nitro benzene ring substituents is 1. The third-order valence-electron chi connectivity index (χ3n) is 4.71. The highest BCUT2D eigenvalue weighted by molar-refractivity contribution is 9.10. The van der Waals surface area contributed by atoms with E-state index >= 15 is 0 Å². The Morgan fingerprint density at radius 1 is 1.21 bits per heavy atom. The van der Waals surface area contributed by atoms with Crippen LogP contribution in [0.3, 0.4) is 0 Å². The number of amides is 1. The Morgan fingerprint density at radius 3 is 2.65 bits per heavy atom. The van der Waals surface area contributed by atoms with E-state index in [0.717, 1.165) is 11.1 Å². The molecule has 0 aliphatic carbocycles. The van der Waals surface area contributed by atoms with Crippen LogP contribution in [0.5, 0.6) is 11.5 Å². The summed E-state index contributed by atoms with van der Waals surface area (Å²) in [5, 5.41) is 22.9. The molecule has 0 aromatic heterocycles. The summed E-state index contributed by atoms with van der Waals surface area (Å²) in [5.74, 6) is 0.211. The fourth-order valence-corrected chi connectivity index (χ4v) is 3.71. The number of carbonyl (C=O) groups excluding carboxylic acids is 1. The molecule has 34 heavy (non-hydrogen) atoms. The predicted octanol–water partition coefficient (Wildman–Crippen LogP) is 5.80. The fourth-order valence-electron chi connectivity index (χ4n) is 3.13. The molecule has 1 N–H and O–H groups in total. The van der Waals surface area contributed by atoms with Crippen molar-refractivity contribution < 1.29 is 19.2 Å². The van der Waals surface area contributed by atoms with E-state index in [1.165, 1.54) is 37.5 Å². The Kier molecular flexibility index (Phi) is 8.01. The SMILES string of the molecule is COc1cc(/C=C(\C#N)C(=O)Nc2cccc([N+](=O)[O-])c2)cc(Br)c1OCc1cccc(C)c1. The monoisotopic (exact) mass is 521 g/mol. The number of hydrogen-bond donors (Lipinski definition) is 1. The van der Waals surface area contributed by atoms with Crippen LogP contribution >= 0.6 is 15.9 Å². The maximum Gasteiger partial charge on any atom is 0.271 e. The van der Waals surface area contributed by atoms with Crippen molar-refractivity contribution in [1.82, 2.24) is 0 Å². The van der Waals surface area contributed by atoms with Gasteiger partial charge >= 0.3 is 0 Å². The van der Waals surface area contributed by atoms with E-state index < -0.39 is 10.8 Å². The van der Waals surface area contributed by atoms with Crippen molar-refractivity contribution >= 4 is 39.3 Å². The van der Waals surface area contributed by atoms with Gasteiger partial charge in [-0.15, -0.1) is 0 Å². The fraction of sp³-hybridized carbons (Fsp3) is 0.120. The van der Waals surface area contributed by atoms with Gasteiger partial charge in [-0.25, -0.2) is 0 Å². The van der Waals surface area contributed by atoms with Gasteiger partial charge in [0.25, 0.3) is 11.6 Å². The first kappa shape index (κ1) is 24.5. The number of nitrogens with zero attached hydrogens (tertiary/aromatic N) is 2. The molecule has 3 aromatic rings. The summed E-state index contributed by atoms with van der Waals surface area (Å²) < 4.78 is 12.0. The maximum atomic E-state index is 12.6. The predicted molar refractivity (Wildman–Crippen MR) is 132 cm³/mol. The van der Waals surface area contributed by atoms with Gasteiger partial charge < -0.3 is 14.8 Å². The highest BCUT2D eigenvalue weighted by Gasteiger charge is 2.15. The summed E-state index contributed by atoms with van der Waals surface area (Å²) >= 11 is 3.47. The Hall–Kier alpha value is -4.16. The molecule has 0 spiro atoms. The number of benzene rings is 3. The largest absolute Gasteiger partial charge is 0.493 e. The molecule has 0 atom stereocenters. The number of ether oxygens (including phenoxy) is 2. The minimum absolute atomic E-state index is 0.171. The van der Waals surface area contributed by atoms with Crippen molar-refractivity contribution in [2.24, 2.45) is 0 Å². The Labute approximate surface area is 204 Å². The van der Waals surface area contributed by atoms with E-state index in [4.69, 9.17) is 9.47 Å². The van der Waals surface area contributed by atoms with Gasteiger partial charge in [0.15, 0.2) is 11.5 Å². The van der Waals surface area contributed by atoms with Crippen molar-refractivity contribution in [3.63, 3.8) is 0 Å². The second-order valence-electron chi connectivity index (χ2n) is 7.24. The number of carbonyl (C=O) groups is 1. The maximum absolute atomic E-state index is 12.6. The number of rotatable bonds is 8. The van der Waals surface area contributed by atoms with Crippen LogP contribution in [0.25, 0.3) is 6.08 Å². The highest BCUT2D eigenvalue weighted by atomic mass is 79.9. The van der Waals surface area contributed by atoms with Crippen LogP contribution in [0.1, 0.15) is 16.7 Å². The number of non-ortho nitro benzene ring substituents is 1. The molecule has 9 heteroatoms. The number of nitrogens with one attached hydrogen (secondary N) is 1. The van der Waals surface area contributed by atoms with Gasteiger partial charge in [0.05, 0.1) is 16.5 Å². The smallest absolute Gasteiger partial charge is 0.271 e. The third-order valence-corrected chi connectivity index (χ3v) is 5.30. The lowest BCUT2D eigenvalue weighted by molar-refractivity contribution is -0.384. The lowest BCUT2D eigenvalue weighted by Gasteiger charge is -2.14. The summed E-state index contributed by atoms with van der Waals surface area (Å²) in [4.78, 5) is 23.0. The summed E-state index contributed by atoms with van der Waals surface area (Å²) in [5.41, 5.74) is 2.50. The highest BCUT2D eigenvalue weighted by Crippen LogP contribution is 2.38. The molecule has 1 amide bonds. The quantitative estimate of drug-likeness (QED) is 0.173. The number of nitriles is 1. The van der Waals surface area contributed by atoms with E-state index in [9.17, 15) is 20.2 Å². The number of aryl methyl sites for hydroxylation is 1. The summed E-state index contributed by atoms with van der Waals surface area (Å²) in [6, 6.07) is 18.6. The topological polar surface area (TPSA) is 114 Å². The number of nitro groups is 1. The number of halogens is 1. The molecular formula is C25H20BrN3O5. The van der Waals surface area contributed by atoms with Gasteiger partial charge in [-0.1, -0.05) is 35.9 Å². The van der Waals surface area contributed by atoms with Crippen LogP contribution in [-0.2, 0) is 11.4 Å². The average molecular weight is 522 g/mol. The van der Waals surface area contributed by atoms with Crippen molar-refractivity contribution in [1.29, 1.82) is 5.26 Å². The molecule has 0 unspecified atom stereocenters. The molecule has 3 rings (SSSR count). The van der Waals surface area contributed by atoms with Gasteiger partial charge in [-0.05, 0) is 58.3 Å². The lowest BCUT2D eigenvalue weighted by Crippen LogP contribution is -2.13. The van der Waals surface area contributed by atoms with Crippen LogP contribution in [0.4, 0.5) is 11.4 Å². The van der Waals surface area contributed by atoms with E-state index in [2.05, 4.69) is 21.2 Å². The third kappa shape index (κ3) is 6.21. The molecule has 8 nitrogen and oxygen atoms in total. The van der Waals surface area contributed by atoms with Crippen molar-refractivity contribution in [2.75, 3.05) is 12.4 Å². The van der Waals surface area contributed by atoms with Gasteiger partial charge in [-0.2, -0.15) is 5.26 Å². The minimum Gasteiger partial charge on any atom is -0.493 e. The standard InChI is InChI=1S/C25H20BrN3O5/c1-16-5-3-6-17(9-16)15-34-24-22(26)11-18(12-23(24)33-2)10-19(14-27)25(30)28-20-7-4-8-21(13-20)29(31)32/h3-13H,15H2,1-2H3,(H,28,30)/b19-10+. The summed E-state index contributed by atoms with van der Waals surface area (Å²) in [6.45, 7) is 2.34. The van der Waals surface area contributed by atoms with E-state index in [1.54, 1.807) is 12.1 Å². The van der Waals surface area contributed by atoms with Crippen molar-refractivity contribution in [3.05, 3.63) is 97.5 Å². The minimum atomic E-state index is -0.696. The lowest BCUT2D eigenvalue weighted by atomic mass is 10.1. The zero-order valence-corrected chi connectivity index (χ0v) is 20.0. The Morgan fingerprint density at radius 2 is 1.97 bits per heavy atom. The van der Waals surface area contributed by atoms with E-state index in [1.807, 2.05) is 37.3 Å². The van der Waals surface area contributed by atoms with Gasteiger partial charge in [0.1, 0.15) is 18.2 Å². The van der Waals surface area contributed by atoms with Crippen LogP contribution < -0.4 is 14.8 Å². The van der Waals surface area contributed by atoms with Crippen LogP contribution in [0.2, 0.25) is 0 Å². The molecule has 0 aliphatic heterocycles. The van der Waals surface area contributed by atoms with Crippen molar-refractivity contribution in [2.45, 2.75) is 13.5 Å². The molecule has 0 bridgehead atoms. The van der Waals surface area contributed by atoms with E-state index in [-0.39, 0.29) is 16.9 Å².